The van der Waals surface area contributed by atoms with E-state index in [1.807, 2.05) is 37.3 Å². The third-order valence-electron chi connectivity index (χ3n) is 4.16. The Morgan fingerprint density at radius 2 is 1.86 bits per heavy atom. The van der Waals surface area contributed by atoms with Gasteiger partial charge in [0.05, 0.1) is 12.2 Å². The Morgan fingerprint density at radius 3 is 2.57 bits per heavy atom. The van der Waals surface area contributed by atoms with Gasteiger partial charge in [-0.15, -0.1) is 24.0 Å². The van der Waals surface area contributed by atoms with Crippen molar-refractivity contribution in [3.05, 3.63) is 77.4 Å². The highest BCUT2D eigenvalue weighted by Crippen LogP contribution is 2.18. The van der Waals surface area contributed by atoms with E-state index < -0.39 is 0 Å². The minimum atomic E-state index is -0.187. The minimum Gasteiger partial charge on any atom is -0.444 e. The zero-order valence-corrected chi connectivity index (χ0v) is 18.2. The summed E-state index contributed by atoms with van der Waals surface area (Å²) in [5, 5.41) is 6.36. The van der Waals surface area contributed by atoms with Crippen LogP contribution < -0.4 is 10.6 Å². The normalized spacial score (nSPS) is 11.0. The molecule has 0 radical (unpaired) electrons. The summed E-state index contributed by atoms with van der Waals surface area (Å²) in [6.07, 6.45) is 2.21. The van der Waals surface area contributed by atoms with Crippen molar-refractivity contribution in [3.63, 3.8) is 0 Å². The topological polar surface area (TPSA) is 62.5 Å². The van der Waals surface area contributed by atoms with Crippen molar-refractivity contribution in [2.24, 2.45) is 4.99 Å². The SMILES string of the molecule is CN=C(NCCc1ccccc1F)NCc1coc(-c2ccc(C)cc2)n1.I. The van der Waals surface area contributed by atoms with Crippen LogP contribution in [0.15, 0.2) is 64.2 Å². The van der Waals surface area contributed by atoms with Gasteiger partial charge in [-0.05, 0) is 37.1 Å². The zero-order valence-electron chi connectivity index (χ0n) is 15.9. The van der Waals surface area contributed by atoms with Gasteiger partial charge in [-0.25, -0.2) is 9.37 Å². The van der Waals surface area contributed by atoms with E-state index in [1.54, 1.807) is 25.4 Å². The molecular formula is C21H24FIN4O. The molecule has 0 saturated carbocycles. The fourth-order valence-electron chi connectivity index (χ4n) is 2.63. The fourth-order valence-corrected chi connectivity index (χ4v) is 2.63. The van der Waals surface area contributed by atoms with E-state index in [-0.39, 0.29) is 29.8 Å². The lowest BCUT2D eigenvalue weighted by molar-refractivity contribution is 0.572. The van der Waals surface area contributed by atoms with Crippen LogP contribution in [-0.2, 0) is 13.0 Å². The Kier molecular flexibility index (Phi) is 8.43. The van der Waals surface area contributed by atoms with Crippen LogP contribution in [0.5, 0.6) is 0 Å². The summed E-state index contributed by atoms with van der Waals surface area (Å²) in [5.74, 6) is 1.04. The Labute approximate surface area is 181 Å². The summed E-state index contributed by atoms with van der Waals surface area (Å²) in [4.78, 5) is 8.67. The number of benzene rings is 2. The molecule has 7 heteroatoms. The molecule has 1 heterocycles. The summed E-state index contributed by atoms with van der Waals surface area (Å²) in [7, 11) is 1.69. The molecule has 3 rings (SSSR count). The van der Waals surface area contributed by atoms with E-state index in [4.69, 9.17) is 4.42 Å². The highest BCUT2D eigenvalue weighted by Gasteiger charge is 2.07. The van der Waals surface area contributed by atoms with E-state index in [9.17, 15) is 4.39 Å². The number of halogens is 2. The van der Waals surface area contributed by atoms with Crippen molar-refractivity contribution in [1.29, 1.82) is 0 Å². The number of aliphatic imine (C=N–C) groups is 1. The van der Waals surface area contributed by atoms with Gasteiger partial charge in [0.1, 0.15) is 12.1 Å². The Balaban J connectivity index is 0.00000280. The van der Waals surface area contributed by atoms with Crippen LogP contribution in [-0.4, -0.2) is 24.5 Å². The lowest BCUT2D eigenvalue weighted by Gasteiger charge is -2.11. The van der Waals surface area contributed by atoms with Gasteiger partial charge in [-0.3, -0.25) is 4.99 Å². The van der Waals surface area contributed by atoms with Crippen molar-refractivity contribution in [1.82, 2.24) is 15.6 Å². The first kappa shape index (κ1) is 21.9. The van der Waals surface area contributed by atoms with Crippen molar-refractivity contribution in [3.8, 4) is 11.5 Å². The number of nitrogens with zero attached hydrogens (tertiary/aromatic N) is 2. The smallest absolute Gasteiger partial charge is 0.226 e. The van der Waals surface area contributed by atoms with E-state index in [2.05, 4.69) is 20.6 Å². The molecule has 0 amide bonds. The number of nitrogens with one attached hydrogen (secondary N) is 2. The van der Waals surface area contributed by atoms with Gasteiger partial charge in [0.25, 0.3) is 0 Å². The molecule has 2 aromatic carbocycles. The van der Waals surface area contributed by atoms with Crippen LogP contribution in [0, 0.1) is 12.7 Å². The van der Waals surface area contributed by atoms with Crippen molar-refractivity contribution < 1.29 is 8.81 Å². The highest BCUT2D eigenvalue weighted by molar-refractivity contribution is 14.0. The molecule has 0 aliphatic rings. The monoisotopic (exact) mass is 494 g/mol. The molecule has 0 bridgehead atoms. The number of hydrogen-bond acceptors (Lipinski definition) is 3. The van der Waals surface area contributed by atoms with Crippen LogP contribution in [0.4, 0.5) is 4.39 Å². The summed E-state index contributed by atoms with van der Waals surface area (Å²) in [6.45, 7) is 3.10. The maximum Gasteiger partial charge on any atom is 0.226 e. The van der Waals surface area contributed by atoms with Crippen LogP contribution in [0.25, 0.3) is 11.5 Å². The Morgan fingerprint density at radius 1 is 1.11 bits per heavy atom. The third-order valence-corrected chi connectivity index (χ3v) is 4.16. The van der Waals surface area contributed by atoms with E-state index in [1.165, 1.54) is 11.6 Å². The molecule has 3 aromatic rings. The summed E-state index contributed by atoms with van der Waals surface area (Å²) < 4.78 is 19.2. The first-order valence-corrected chi connectivity index (χ1v) is 8.85. The second-order valence-electron chi connectivity index (χ2n) is 6.20. The van der Waals surface area contributed by atoms with Gasteiger partial charge in [-0.2, -0.15) is 0 Å². The molecule has 148 valence electrons. The van der Waals surface area contributed by atoms with Crippen LogP contribution in [0.2, 0.25) is 0 Å². The molecule has 0 unspecified atom stereocenters. The molecule has 0 spiro atoms. The molecule has 5 nitrogen and oxygen atoms in total. The predicted octanol–water partition coefficient (Wildman–Crippen LogP) is 4.31. The molecule has 2 N–H and O–H groups in total. The summed E-state index contributed by atoms with van der Waals surface area (Å²) >= 11 is 0. The van der Waals surface area contributed by atoms with E-state index in [0.29, 0.717) is 36.9 Å². The van der Waals surface area contributed by atoms with Gasteiger partial charge in [0.2, 0.25) is 5.89 Å². The number of hydrogen-bond donors (Lipinski definition) is 2. The molecule has 0 atom stereocenters. The maximum atomic E-state index is 13.6. The van der Waals surface area contributed by atoms with Gasteiger partial charge < -0.3 is 15.1 Å². The Bertz CT molecular complexity index is 909. The van der Waals surface area contributed by atoms with Crippen molar-refractivity contribution >= 4 is 29.9 Å². The second kappa shape index (κ2) is 10.8. The average Bonchev–Trinajstić information content (AvgIpc) is 3.15. The molecule has 0 aliphatic heterocycles. The first-order chi connectivity index (χ1) is 13.2. The van der Waals surface area contributed by atoms with Crippen LogP contribution >= 0.6 is 24.0 Å². The molecule has 0 aliphatic carbocycles. The van der Waals surface area contributed by atoms with E-state index >= 15 is 0 Å². The maximum absolute atomic E-state index is 13.6. The van der Waals surface area contributed by atoms with Crippen molar-refractivity contribution in [2.45, 2.75) is 19.9 Å². The quantitative estimate of drug-likeness (QED) is 0.305. The molecule has 0 fully saturated rings. The molecule has 28 heavy (non-hydrogen) atoms. The molecular weight excluding hydrogens is 470 g/mol. The number of guanidine groups is 1. The summed E-state index contributed by atoms with van der Waals surface area (Å²) in [6, 6.07) is 14.8. The third kappa shape index (κ3) is 6.05. The largest absolute Gasteiger partial charge is 0.444 e. The molecule has 1 aromatic heterocycles. The highest BCUT2D eigenvalue weighted by atomic mass is 127. The van der Waals surface area contributed by atoms with E-state index in [0.717, 1.165) is 11.3 Å². The zero-order chi connectivity index (χ0) is 19.1. The lowest BCUT2D eigenvalue weighted by atomic mass is 10.1. The number of aryl methyl sites for hydroxylation is 1. The van der Waals surface area contributed by atoms with Gasteiger partial charge >= 0.3 is 0 Å². The molecule has 0 saturated heterocycles. The second-order valence-corrected chi connectivity index (χ2v) is 6.20. The fraction of sp³-hybridized carbons (Fsp3) is 0.238. The van der Waals surface area contributed by atoms with Gasteiger partial charge in [0.15, 0.2) is 5.96 Å². The average molecular weight is 494 g/mol. The Hall–Kier alpha value is -2.42. The minimum absolute atomic E-state index is 0. The van der Waals surface area contributed by atoms with Crippen molar-refractivity contribution in [2.75, 3.05) is 13.6 Å². The summed E-state index contributed by atoms with van der Waals surface area (Å²) in [5.41, 5.74) is 3.60. The predicted molar refractivity (Wildman–Crippen MR) is 120 cm³/mol. The standard InChI is InChI=1S/C21H23FN4O.HI/c1-15-7-9-17(10-8-15)20-26-18(14-27-20)13-25-21(23-2)24-12-11-16-5-3-4-6-19(16)22;/h3-10,14H,11-13H2,1-2H3,(H2,23,24,25);1H. The van der Waals surface area contributed by atoms with Crippen LogP contribution in [0.3, 0.4) is 0 Å². The lowest BCUT2D eigenvalue weighted by Crippen LogP contribution is -2.38. The number of aromatic nitrogens is 1. The first-order valence-electron chi connectivity index (χ1n) is 8.85. The van der Waals surface area contributed by atoms with Gasteiger partial charge in [0, 0.05) is 19.2 Å². The number of rotatable bonds is 6. The van der Waals surface area contributed by atoms with Gasteiger partial charge in [-0.1, -0.05) is 35.9 Å². The van der Waals surface area contributed by atoms with Crippen LogP contribution in [0.1, 0.15) is 16.8 Å². The number of oxazole rings is 1.